The molecule has 0 radical (unpaired) electrons. The Balaban J connectivity index is 1.62. The molecular weight excluding hydrogens is 423 g/mol. The van der Waals surface area contributed by atoms with E-state index in [4.69, 9.17) is 0 Å². The summed E-state index contributed by atoms with van der Waals surface area (Å²) in [4.78, 5) is 29.2. The fourth-order valence-corrected chi connectivity index (χ4v) is 5.25. The van der Waals surface area contributed by atoms with Gasteiger partial charge in [-0.1, -0.05) is 37.3 Å². The molecular formula is C26H27FN2O2S. The van der Waals surface area contributed by atoms with Gasteiger partial charge in [0.25, 0.3) is 11.1 Å². The zero-order chi connectivity index (χ0) is 23.0. The average molecular weight is 451 g/mol. The summed E-state index contributed by atoms with van der Waals surface area (Å²) in [6.45, 7) is 9.60. The molecule has 0 unspecified atom stereocenters. The number of carbonyl (C=O) groups is 2. The molecule has 2 aromatic carbocycles. The van der Waals surface area contributed by atoms with Crippen molar-refractivity contribution in [2.45, 2.75) is 46.2 Å². The number of fused-ring (bicyclic) bond motifs is 1. The fraction of sp³-hybridized carbons (Fsp3) is 0.308. The van der Waals surface area contributed by atoms with Gasteiger partial charge in [-0.25, -0.2) is 4.39 Å². The molecule has 1 fully saturated rings. The molecule has 0 N–H and O–H groups in total. The lowest BCUT2D eigenvalue weighted by Gasteiger charge is -2.43. The summed E-state index contributed by atoms with van der Waals surface area (Å²) in [5.41, 5.74) is 4.64. The van der Waals surface area contributed by atoms with E-state index in [9.17, 15) is 14.0 Å². The molecule has 6 heteroatoms. The summed E-state index contributed by atoms with van der Waals surface area (Å²) in [5.74, 6) is -0.811. The summed E-state index contributed by atoms with van der Waals surface area (Å²) in [5, 5.41) is -0.380. The monoisotopic (exact) mass is 450 g/mol. The number of halogens is 1. The van der Waals surface area contributed by atoms with Crippen LogP contribution < -0.4 is 4.90 Å². The van der Waals surface area contributed by atoms with Crippen LogP contribution in [0.2, 0.25) is 0 Å². The Morgan fingerprint density at radius 2 is 1.88 bits per heavy atom. The maximum absolute atomic E-state index is 14.0. The van der Waals surface area contributed by atoms with Gasteiger partial charge in [-0.05, 0) is 74.4 Å². The highest BCUT2D eigenvalue weighted by Gasteiger charge is 2.36. The first-order valence-electron chi connectivity index (χ1n) is 10.8. The number of rotatable bonds is 5. The number of nitrogens with zero attached hydrogens (tertiary/aromatic N) is 2. The van der Waals surface area contributed by atoms with Crippen molar-refractivity contribution in [2.75, 3.05) is 11.4 Å². The number of allylic oxidation sites excluding steroid dienone is 1. The minimum Gasteiger partial charge on any atom is -0.362 e. The first kappa shape index (κ1) is 22.3. The lowest BCUT2D eigenvalue weighted by atomic mass is 9.88. The van der Waals surface area contributed by atoms with E-state index < -0.39 is 5.82 Å². The molecule has 0 spiro atoms. The van der Waals surface area contributed by atoms with Crippen LogP contribution in [-0.4, -0.2) is 28.1 Å². The van der Waals surface area contributed by atoms with Gasteiger partial charge in [-0.3, -0.25) is 14.5 Å². The Bertz CT molecular complexity index is 1150. The molecule has 32 heavy (non-hydrogen) atoms. The number of hydrogen-bond acceptors (Lipinski definition) is 4. The van der Waals surface area contributed by atoms with E-state index in [-0.39, 0.29) is 23.2 Å². The number of anilines is 1. The zero-order valence-corrected chi connectivity index (χ0v) is 19.6. The number of imide groups is 1. The zero-order valence-electron chi connectivity index (χ0n) is 18.8. The Hall–Kier alpha value is -2.86. The third-order valence-electron chi connectivity index (χ3n) is 5.91. The molecule has 2 aliphatic heterocycles. The highest BCUT2D eigenvalue weighted by molar-refractivity contribution is 8.18. The van der Waals surface area contributed by atoms with Crippen molar-refractivity contribution in [1.82, 2.24) is 4.90 Å². The van der Waals surface area contributed by atoms with Crippen LogP contribution in [0.5, 0.6) is 0 Å². The van der Waals surface area contributed by atoms with Crippen LogP contribution in [0.3, 0.4) is 0 Å². The number of hydrogen-bond donors (Lipinski definition) is 0. The van der Waals surface area contributed by atoms with Crippen LogP contribution in [0.15, 0.2) is 53.4 Å². The van der Waals surface area contributed by atoms with E-state index in [0.717, 1.165) is 40.8 Å². The third-order valence-corrected chi connectivity index (χ3v) is 6.81. The van der Waals surface area contributed by atoms with Crippen LogP contribution in [0.25, 0.3) is 11.6 Å². The molecule has 2 amide bonds. The SMILES string of the molecule is CCCN1c2ccc(/C=C3/SC(=O)N(Cc4ccccc4F)C3=O)cc2C(C)=CC1(C)C. The molecule has 2 heterocycles. The van der Waals surface area contributed by atoms with E-state index in [2.05, 4.69) is 50.8 Å². The van der Waals surface area contributed by atoms with E-state index >= 15 is 0 Å². The maximum atomic E-state index is 14.0. The van der Waals surface area contributed by atoms with E-state index in [1.807, 2.05) is 6.07 Å². The molecule has 0 aliphatic carbocycles. The highest BCUT2D eigenvalue weighted by atomic mass is 32.2. The molecule has 0 aromatic heterocycles. The van der Waals surface area contributed by atoms with Gasteiger partial charge in [0, 0.05) is 23.4 Å². The van der Waals surface area contributed by atoms with Crippen LogP contribution in [0.1, 0.15) is 50.8 Å². The van der Waals surface area contributed by atoms with Crippen molar-refractivity contribution in [2.24, 2.45) is 0 Å². The Morgan fingerprint density at radius 1 is 1.12 bits per heavy atom. The summed E-state index contributed by atoms with van der Waals surface area (Å²) < 4.78 is 14.0. The normalized spacial score (nSPS) is 18.9. The van der Waals surface area contributed by atoms with Crippen molar-refractivity contribution >= 4 is 40.2 Å². The van der Waals surface area contributed by atoms with E-state index in [0.29, 0.717) is 10.5 Å². The second-order valence-electron chi connectivity index (χ2n) is 8.77. The van der Waals surface area contributed by atoms with Crippen molar-refractivity contribution in [3.8, 4) is 0 Å². The average Bonchev–Trinajstić information content (AvgIpc) is 3.00. The topological polar surface area (TPSA) is 40.6 Å². The molecule has 4 rings (SSSR count). The summed E-state index contributed by atoms with van der Waals surface area (Å²) in [6, 6.07) is 12.4. The molecule has 1 saturated heterocycles. The second kappa shape index (κ2) is 8.58. The molecule has 0 saturated carbocycles. The van der Waals surface area contributed by atoms with Crippen LogP contribution in [0.4, 0.5) is 14.9 Å². The van der Waals surface area contributed by atoms with Crippen molar-refractivity contribution < 1.29 is 14.0 Å². The van der Waals surface area contributed by atoms with Gasteiger partial charge in [-0.2, -0.15) is 0 Å². The number of thioether (sulfide) groups is 1. The standard InChI is InChI=1S/C26H27FN2O2S/c1-5-12-29-22-11-10-18(13-20(22)17(2)15-26(29,3)4)14-23-24(30)28(25(31)32-23)16-19-8-6-7-9-21(19)27/h6-11,13-15H,5,12,16H2,1-4H3/b23-14+. The first-order valence-corrected chi connectivity index (χ1v) is 11.6. The quantitative estimate of drug-likeness (QED) is 0.489. The number of carbonyl (C=O) groups excluding carboxylic acids is 2. The predicted molar refractivity (Wildman–Crippen MR) is 130 cm³/mol. The van der Waals surface area contributed by atoms with Gasteiger partial charge in [0.05, 0.1) is 17.0 Å². The third kappa shape index (κ3) is 4.11. The van der Waals surface area contributed by atoms with Gasteiger partial charge in [0.1, 0.15) is 5.82 Å². The summed E-state index contributed by atoms with van der Waals surface area (Å²) in [6.07, 6.45) is 5.08. The molecule has 4 nitrogen and oxygen atoms in total. The van der Waals surface area contributed by atoms with Crippen molar-refractivity contribution in [1.29, 1.82) is 0 Å². The van der Waals surface area contributed by atoms with Gasteiger partial charge in [0.15, 0.2) is 0 Å². The molecule has 0 bridgehead atoms. The Labute approximate surface area is 192 Å². The maximum Gasteiger partial charge on any atom is 0.293 e. The summed E-state index contributed by atoms with van der Waals surface area (Å²) in [7, 11) is 0. The summed E-state index contributed by atoms with van der Waals surface area (Å²) >= 11 is 0.899. The second-order valence-corrected chi connectivity index (χ2v) is 9.76. The Morgan fingerprint density at radius 3 is 2.59 bits per heavy atom. The van der Waals surface area contributed by atoms with Crippen LogP contribution in [-0.2, 0) is 11.3 Å². The lowest BCUT2D eigenvalue weighted by molar-refractivity contribution is -0.123. The van der Waals surface area contributed by atoms with Gasteiger partial charge >= 0.3 is 0 Å². The largest absolute Gasteiger partial charge is 0.362 e. The van der Waals surface area contributed by atoms with E-state index in [1.54, 1.807) is 24.3 Å². The molecule has 2 aromatic rings. The predicted octanol–water partition coefficient (Wildman–Crippen LogP) is 6.47. The smallest absolute Gasteiger partial charge is 0.293 e. The minimum atomic E-state index is -0.424. The van der Waals surface area contributed by atoms with Gasteiger partial charge < -0.3 is 4.90 Å². The Kier molecular flexibility index (Phi) is 5.99. The molecule has 166 valence electrons. The van der Waals surface area contributed by atoms with Gasteiger partial charge in [-0.15, -0.1) is 0 Å². The molecule has 2 aliphatic rings. The molecule has 0 atom stereocenters. The number of benzene rings is 2. The van der Waals surface area contributed by atoms with E-state index in [1.165, 1.54) is 17.3 Å². The fourth-order valence-electron chi connectivity index (χ4n) is 4.41. The van der Waals surface area contributed by atoms with Gasteiger partial charge in [0.2, 0.25) is 0 Å². The lowest BCUT2D eigenvalue weighted by Crippen LogP contribution is -2.45. The number of amides is 2. The van der Waals surface area contributed by atoms with Crippen molar-refractivity contribution in [3.05, 3.63) is 76.0 Å². The first-order chi connectivity index (χ1) is 15.2. The van der Waals surface area contributed by atoms with Crippen LogP contribution in [0, 0.1) is 5.82 Å². The highest BCUT2D eigenvalue weighted by Crippen LogP contribution is 2.40. The van der Waals surface area contributed by atoms with Crippen molar-refractivity contribution in [3.63, 3.8) is 0 Å². The van der Waals surface area contributed by atoms with Crippen LogP contribution >= 0.6 is 11.8 Å². The minimum absolute atomic E-state index is 0.0655.